The highest BCUT2D eigenvalue weighted by Crippen LogP contribution is 2.19. The molecule has 16 heavy (non-hydrogen) atoms. The van der Waals surface area contributed by atoms with Gasteiger partial charge in [0.15, 0.2) is 0 Å². The molecule has 0 N–H and O–H groups in total. The van der Waals surface area contributed by atoms with Gasteiger partial charge in [-0.3, -0.25) is 0 Å². The van der Waals surface area contributed by atoms with Gasteiger partial charge >= 0.3 is 0 Å². The average molecular weight is 289 g/mol. The van der Waals surface area contributed by atoms with Crippen molar-refractivity contribution < 1.29 is 9.13 Å². The molecule has 5 heteroatoms. The minimum Gasteiger partial charge on any atom is -0.371 e. The summed E-state index contributed by atoms with van der Waals surface area (Å²) in [5.41, 5.74) is 0. The number of hydrogen-bond donors (Lipinski definition) is 0. The third-order valence-corrected chi connectivity index (χ3v) is 3.26. The maximum Gasteiger partial charge on any atom is 0.141 e. The molecule has 2 atom stereocenters. The van der Waals surface area contributed by atoms with Crippen LogP contribution in [-0.2, 0) is 4.74 Å². The minimum atomic E-state index is -0.304. The first-order chi connectivity index (χ1) is 7.69. The van der Waals surface area contributed by atoms with E-state index in [9.17, 15) is 4.39 Å². The fraction of sp³-hybridized carbons (Fsp3) is 0.545. The summed E-state index contributed by atoms with van der Waals surface area (Å²) in [6.07, 6.45) is 1.58. The number of hydrogen-bond acceptors (Lipinski definition) is 3. The van der Waals surface area contributed by atoms with Gasteiger partial charge in [0.2, 0.25) is 0 Å². The number of pyridine rings is 1. The van der Waals surface area contributed by atoms with Crippen molar-refractivity contribution in [1.29, 1.82) is 0 Å². The van der Waals surface area contributed by atoms with Crippen molar-refractivity contribution >= 4 is 21.7 Å². The molecule has 1 aromatic heterocycles. The summed E-state index contributed by atoms with van der Waals surface area (Å²) in [4.78, 5) is 6.21. The monoisotopic (exact) mass is 288 g/mol. The van der Waals surface area contributed by atoms with Crippen molar-refractivity contribution in [1.82, 2.24) is 4.98 Å². The zero-order valence-electron chi connectivity index (χ0n) is 9.07. The second-order valence-electron chi connectivity index (χ2n) is 3.96. The highest BCUT2D eigenvalue weighted by Gasteiger charge is 2.25. The van der Waals surface area contributed by atoms with Gasteiger partial charge < -0.3 is 9.64 Å². The van der Waals surface area contributed by atoms with Gasteiger partial charge in [-0.05, 0) is 19.1 Å². The maximum absolute atomic E-state index is 12.8. The molecule has 1 fully saturated rings. The lowest BCUT2D eigenvalue weighted by Crippen LogP contribution is -2.47. The van der Waals surface area contributed by atoms with E-state index in [2.05, 4.69) is 25.8 Å². The molecule has 0 saturated carbocycles. The molecule has 1 aliphatic rings. The Kier molecular flexibility index (Phi) is 3.76. The summed E-state index contributed by atoms with van der Waals surface area (Å²) in [7, 11) is 0. The third-order valence-electron chi connectivity index (χ3n) is 2.53. The van der Waals surface area contributed by atoms with Crippen LogP contribution in [0.3, 0.4) is 0 Å². The molecule has 88 valence electrons. The molecule has 0 bridgehead atoms. The number of nitrogens with zero attached hydrogens (tertiary/aromatic N) is 2. The Balaban J connectivity index is 2.11. The molecule has 2 unspecified atom stereocenters. The minimum absolute atomic E-state index is 0.163. The van der Waals surface area contributed by atoms with E-state index < -0.39 is 0 Å². The normalized spacial score (nSPS) is 25.8. The Bertz CT molecular complexity index is 346. The van der Waals surface area contributed by atoms with Crippen LogP contribution in [0.4, 0.5) is 10.2 Å². The molecule has 0 radical (unpaired) electrons. The fourth-order valence-electron chi connectivity index (χ4n) is 1.87. The van der Waals surface area contributed by atoms with Gasteiger partial charge in [0, 0.05) is 18.4 Å². The largest absolute Gasteiger partial charge is 0.371 e. The Morgan fingerprint density at radius 1 is 1.56 bits per heavy atom. The van der Waals surface area contributed by atoms with Crippen molar-refractivity contribution in [3.8, 4) is 0 Å². The Labute approximate surface area is 103 Å². The molecule has 2 rings (SSSR count). The van der Waals surface area contributed by atoms with Crippen molar-refractivity contribution in [2.24, 2.45) is 0 Å². The Morgan fingerprint density at radius 2 is 2.38 bits per heavy atom. The molecular formula is C11H14BrFN2O. The van der Waals surface area contributed by atoms with E-state index in [1.54, 1.807) is 6.07 Å². The van der Waals surface area contributed by atoms with Gasteiger partial charge in [-0.1, -0.05) is 15.9 Å². The standard InChI is InChI=1S/C11H14BrFN2O/c1-8-6-15(7-10(4-12)16-8)11-3-2-9(13)5-14-11/h2-3,5,8,10H,4,6-7H2,1H3. The summed E-state index contributed by atoms with van der Waals surface area (Å²) in [5, 5.41) is 0.801. The lowest BCUT2D eigenvalue weighted by atomic mass is 10.2. The highest BCUT2D eigenvalue weighted by molar-refractivity contribution is 9.09. The van der Waals surface area contributed by atoms with E-state index in [0.29, 0.717) is 0 Å². The van der Waals surface area contributed by atoms with Gasteiger partial charge in [0.05, 0.1) is 18.4 Å². The van der Waals surface area contributed by atoms with Crippen LogP contribution in [0.1, 0.15) is 6.92 Å². The maximum atomic E-state index is 12.8. The number of aromatic nitrogens is 1. The number of ether oxygens (including phenoxy) is 1. The number of alkyl halides is 1. The summed E-state index contributed by atoms with van der Waals surface area (Å²) in [6, 6.07) is 3.14. The van der Waals surface area contributed by atoms with Gasteiger partial charge in [-0.25, -0.2) is 9.37 Å². The van der Waals surface area contributed by atoms with E-state index in [1.807, 2.05) is 6.92 Å². The fourth-order valence-corrected chi connectivity index (χ4v) is 2.23. The number of halogens is 2. The van der Waals surface area contributed by atoms with E-state index in [1.165, 1.54) is 12.3 Å². The lowest BCUT2D eigenvalue weighted by Gasteiger charge is -2.36. The summed E-state index contributed by atoms with van der Waals surface area (Å²) in [6.45, 7) is 3.61. The van der Waals surface area contributed by atoms with Crippen LogP contribution in [0.5, 0.6) is 0 Å². The number of rotatable bonds is 2. The predicted molar refractivity (Wildman–Crippen MR) is 64.5 cm³/mol. The predicted octanol–water partition coefficient (Wildman–Crippen LogP) is 2.21. The highest BCUT2D eigenvalue weighted by atomic mass is 79.9. The van der Waals surface area contributed by atoms with Crippen LogP contribution in [-0.4, -0.2) is 35.6 Å². The number of anilines is 1. The summed E-state index contributed by atoms with van der Waals surface area (Å²) < 4.78 is 18.5. The SMILES string of the molecule is CC1CN(c2ccc(F)cn2)CC(CBr)O1. The molecule has 1 saturated heterocycles. The van der Waals surface area contributed by atoms with Crippen LogP contribution in [0, 0.1) is 5.82 Å². The van der Waals surface area contributed by atoms with E-state index in [4.69, 9.17) is 4.74 Å². The van der Waals surface area contributed by atoms with Crippen molar-refractivity contribution in [2.45, 2.75) is 19.1 Å². The molecule has 0 spiro atoms. The first-order valence-corrected chi connectivity index (χ1v) is 6.39. The Hall–Kier alpha value is -0.680. The number of morpholine rings is 1. The van der Waals surface area contributed by atoms with Crippen LogP contribution >= 0.6 is 15.9 Å². The van der Waals surface area contributed by atoms with Gasteiger partial charge in [-0.15, -0.1) is 0 Å². The zero-order chi connectivity index (χ0) is 11.5. The molecule has 0 aliphatic carbocycles. The van der Waals surface area contributed by atoms with Crippen LogP contribution in [0.2, 0.25) is 0 Å². The van der Waals surface area contributed by atoms with Crippen LogP contribution < -0.4 is 4.90 Å². The average Bonchev–Trinajstić information content (AvgIpc) is 2.29. The molecule has 3 nitrogen and oxygen atoms in total. The van der Waals surface area contributed by atoms with Crippen molar-refractivity contribution in [3.63, 3.8) is 0 Å². The molecule has 1 aromatic rings. The lowest BCUT2D eigenvalue weighted by molar-refractivity contribution is -0.00223. The molecule has 0 amide bonds. The van der Waals surface area contributed by atoms with Crippen LogP contribution in [0.15, 0.2) is 18.3 Å². The van der Waals surface area contributed by atoms with Gasteiger partial charge in [0.1, 0.15) is 11.6 Å². The quantitative estimate of drug-likeness (QED) is 0.781. The zero-order valence-corrected chi connectivity index (χ0v) is 10.7. The molecular weight excluding hydrogens is 275 g/mol. The van der Waals surface area contributed by atoms with Gasteiger partial charge in [-0.2, -0.15) is 0 Å². The van der Waals surface area contributed by atoms with Crippen molar-refractivity contribution in [3.05, 3.63) is 24.1 Å². The third kappa shape index (κ3) is 2.71. The topological polar surface area (TPSA) is 25.4 Å². The van der Waals surface area contributed by atoms with E-state index >= 15 is 0 Å². The summed E-state index contributed by atoms with van der Waals surface area (Å²) >= 11 is 3.42. The smallest absolute Gasteiger partial charge is 0.141 e. The van der Waals surface area contributed by atoms with Gasteiger partial charge in [0.25, 0.3) is 0 Å². The first-order valence-electron chi connectivity index (χ1n) is 5.27. The first kappa shape index (κ1) is 11.8. The molecule has 2 heterocycles. The van der Waals surface area contributed by atoms with E-state index in [0.717, 1.165) is 24.2 Å². The van der Waals surface area contributed by atoms with Crippen LogP contribution in [0.25, 0.3) is 0 Å². The van der Waals surface area contributed by atoms with Crippen molar-refractivity contribution in [2.75, 3.05) is 23.3 Å². The summed E-state index contributed by atoms with van der Waals surface area (Å²) in [5.74, 6) is 0.504. The Morgan fingerprint density at radius 3 is 3.00 bits per heavy atom. The molecule has 0 aromatic carbocycles. The second-order valence-corrected chi connectivity index (χ2v) is 4.61. The second kappa shape index (κ2) is 5.10. The molecule has 1 aliphatic heterocycles. The van der Waals surface area contributed by atoms with E-state index in [-0.39, 0.29) is 18.0 Å².